The van der Waals surface area contributed by atoms with Crippen molar-refractivity contribution in [2.24, 2.45) is 0 Å². The number of allylic oxidation sites excluding steroid dienone is 1. The molecule has 0 fully saturated rings. The maximum Gasteiger partial charge on any atom is 0.383 e. The third kappa shape index (κ3) is 5.52. The molecule has 142 valence electrons. The number of hydrogen-bond donors (Lipinski definition) is 2. The maximum atomic E-state index is 12.1. The zero-order valence-electron chi connectivity index (χ0n) is 15.1. The van der Waals surface area contributed by atoms with Crippen LogP contribution in [0.15, 0.2) is 39.7 Å². The number of unbranched alkanes of at least 4 members (excludes halogenated alkanes) is 4. The summed E-state index contributed by atoms with van der Waals surface area (Å²) < 4.78 is 16.0. The zero-order valence-corrected chi connectivity index (χ0v) is 15.1. The van der Waals surface area contributed by atoms with Crippen molar-refractivity contribution in [2.45, 2.75) is 45.4 Å². The molecule has 0 unspecified atom stereocenters. The van der Waals surface area contributed by atoms with Crippen LogP contribution in [0.2, 0.25) is 0 Å². The molecule has 26 heavy (non-hydrogen) atoms. The minimum absolute atomic E-state index is 0.0380. The third-order valence-electron chi connectivity index (χ3n) is 3.89. The van der Waals surface area contributed by atoms with Gasteiger partial charge in [-0.3, -0.25) is 0 Å². The minimum atomic E-state index is -0.752. The van der Waals surface area contributed by atoms with Crippen molar-refractivity contribution in [3.8, 4) is 17.2 Å². The van der Waals surface area contributed by atoms with E-state index >= 15 is 0 Å². The molecule has 0 atom stereocenters. The van der Waals surface area contributed by atoms with Gasteiger partial charge in [0, 0.05) is 19.1 Å². The van der Waals surface area contributed by atoms with E-state index in [1.165, 1.54) is 25.2 Å². The Morgan fingerprint density at radius 3 is 2.81 bits per heavy atom. The number of hydrogen-bond acceptors (Lipinski definition) is 6. The van der Waals surface area contributed by atoms with Gasteiger partial charge in [0.2, 0.25) is 0 Å². The average molecular weight is 362 g/mol. The monoisotopic (exact) mass is 362 g/mol. The van der Waals surface area contributed by atoms with Crippen LogP contribution in [0.5, 0.6) is 17.2 Å². The van der Waals surface area contributed by atoms with Crippen LogP contribution >= 0.6 is 0 Å². The standard InChI is InChI=1S/C20H26O6/c1-2-3-4-5-6-7-12-25-19-18(22)16-10-9-15(24-13-8-11-21)14-17(16)26-20(19)23/h7,9-10,12,14,21-22H,2-6,8,11,13H2,1H3/b12-7+. The SMILES string of the molecule is CCCCCC/C=C/Oc1c(O)c2ccc(OCCCO)cc2oc1=O. The zero-order chi connectivity index (χ0) is 18.8. The molecule has 0 aliphatic heterocycles. The largest absolute Gasteiger partial charge is 0.504 e. The summed E-state index contributed by atoms with van der Waals surface area (Å²) >= 11 is 0. The highest BCUT2D eigenvalue weighted by Crippen LogP contribution is 2.33. The fourth-order valence-corrected chi connectivity index (χ4v) is 2.47. The molecule has 1 aromatic heterocycles. The summed E-state index contributed by atoms with van der Waals surface area (Å²) in [5.41, 5.74) is -0.539. The number of aliphatic hydroxyl groups excluding tert-OH is 1. The lowest BCUT2D eigenvalue weighted by Crippen LogP contribution is -2.04. The van der Waals surface area contributed by atoms with Gasteiger partial charge in [0.15, 0.2) is 5.75 Å². The van der Waals surface area contributed by atoms with Crippen molar-refractivity contribution in [1.82, 2.24) is 0 Å². The van der Waals surface area contributed by atoms with Crippen LogP contribution in [-0.2, 0) is 0 Å². The number of ether oxygens (including phenoxy) is 2. The second-order valence-electron chi connectivity index (χ2n) is 5.99. The summed E-state index contributed by atoms with van der Waals surface area (Å²) in [4.78, 5) is 12.1. The summed E-state index contributed by atoms with van der Waals surface area (Å²) in [6.07, 6.45) is 9.21. The molecule has 1 aromatic carbocycles. The molecular formula is C20H26O6. The summed E-state index contributed by atoms with van der Waals surface area (Å²) in [5.74, 6) is 0.0131. The van der Waals surface area contributed by atoms with Crippen LogP contribution in [0, 0.1) is 0 Å². The van der Waals surface area contributed by atoms with E-state index in [9.17, 15) is 9.90 Å². The van der Waals surface area contributed by atoms with Crippen molar-refractivity contribution in [1.29, 1.82) is 0 Å². The smallest absolute Gasteiger partial charge is 0.383 e. The summed E-state index contributed by atoms with van der Waals surface area (Å²) in [7, 11) is 0. The lowest BCUT2D eigenvalue weighted by atomic mass is 10.1. The number of rotatable bonds is 11. The Bertz CT molecular complexity index is 778. The Morgan fingerprint density at radius 2 is 2.04 bits per heavy atom. The van der Waals surface area contributed by atoms with Crippen molar-refractivity contribution in [2.75, 3.05) is 13.2 Å². The molecule has 1 heterocycles. The fraction of sp³-hybridized carbons (Fsp3) is 0.450. The first-order valence-corrected chi connectivity index (χ1v) is 9.02. The van der Waals surface area contributed by atoms with E-state index in [1.54, 1.807) is 12.1 Å². The molecule has 2 rings (SSSR count). The lowest BCUT2D eigenvalue weighted by Gasteiger charge is -2.08. The summed E-state index contributed by atoms with van der Waals surface area (Å²) in [6, 6.07) is 4.79. The Morgan fingerprint density at radius 1 is 1.19 bits per heavy atom. The number of aromatic hydroxyl groups is 1. The second-order valence-corrected chi connectivity index (χ2v) is 5.99. The number of benzene rings is 1. The van der Waals surface area contributed by atoms with Crippen LogP contribution in [0.1, 0.15) is 45.4 Å². The molecule has 0 spiro atoms. The lowest BCUT2D eigenvalue weighted by molar-refractivity contribution is 0.233. The van der Waals surface area contributed by atoms with Gasteiger partial charge in [-0.15, -0.1) is 0 Å². The van der Waals surface area contributed by atoms with E-state index in [2.05, 4.69) is 6.92 Å². The number of aliphatic hydroxyl groups is 1. The Hall–Kier alpha value is -2.47. The highest BCUT2D eigenvalue weighted by atomic mass is 16.5. The van der Waals surface area contributed by atoms with E-state index in [0.717, 1.165) is 19.3 Å². The third-order valence-corrected chi connectivity index (χ3v) is 3.89. The maximum absolute atomic E-state index is 12.1. The normalized spacial score (nSPS) is 11.3. The Kier molecular flexibility index (Phi) is 8.02. The first-order valence-electron chi connectivity index (χ1n) is 9.02. The summed E-state index contributed by atoms with van der Waals surface area (Å²) in [5, 5.41) is 19.5. The van der Waals surface area contributed by atoms with Crippen LogP contribution in [-0.4, -0.2) is 23.4 Å². The van der Waals surface area contributed by atoms with Gasteiger partial charge in [0.05, 0.1) is 18.3 Å². The van der Waals surface area contributed by atoms with Gasteiger partial charge in [-0.05, 0) is 31.1 Å². The molecule has 2 aromatic rings. The topological polar surface area (TPSA) is 89.1 Å². The molecule has 0 aliphatic rings. The Labute approximate surface area is 152 Å². The van der Waals surface area contributed by atoms with E-state index in [4.69, 9.17) is 19.0 Å². The molecule has 0 aliphatic carbocycles. The Balaban J connectivity index is 2.07. The molecular weight excluding hydrogens is 336 g/mol. The van der Waals surface area contributed by atoms with E-state index < -0.39 is 5.63 Å². The predicted molar refractivity (Wildman–Crippen MR) is 99.9 cm³/mol. The van der Waals surface area contributed by atoms with Gasteiger partial charge in [0.25, 0.3) is 5.75 Å². The summed E-state index contributed by atoms with van der Waals surface area (Å²) in [6.45, 7) is 2.55. The second kappa shape index (κ2) is 10.5. The van der Waals surface area contributed by atoms with Crippen molar-refractivity contribution < 1.29 is 24.1 Å². The molecule has 0 saturated heterocycles. The van der Waals surface area contributed by atoms with Crippen LogP contribution in [0.4, 0.5) is 0 Å². The fourth-order valence-electron chi connectivity index (χ4n) is 2.47. The first kappa shape index (κ1) is 19.8. The van der Waals surface area contributed by atoms with Gasteiger partial charge in [-0.2, -0.15) is 0 Å². The average Bonchev–Trinajstić information content (AvgIpc) is 2.63. The quantitative estimate of drug-likeness (QED) is 0.355. The van der Waals surface area contributed by atoms with E-state index in [1.807, 2.05) is 6.08 Å². The van der Waals surface area contributed by atoms with Crippen molar-refractivity contribution in [3.05, 3.63) is 41.0 Å². The van der Waals surface area contributed by atoms with Gasteiger partial charge in [-0.1, -0.05) is 26.2 Å². The highest BCUT2D eigenvalue weighted by Gasteiger charge is 2.15. The molecule has 0 amide bonds. The van der Waals surface area contributed by atoms with Gasteiger partial charge in [0.1, 0.15) is 11.3 Å². The predicted octanol–water partition coefficient (Wildman–Crippen LogP) is 4.12. The first-order chi connectivity index (χ1) is 12.7. The van der Waals surface area contributed by atoms with Crippen molar-refractivity contribution >= 4 is 11.0 Å². The molecule has 0 bridgehead atoms. The van der Waals surface area contributed by atoms with Crippen LogP contribution in [0.3, 0.4) is 0 Å². The minimum Gasteiger partial charge on any atom is -0.504 e. The number of fused-ring (bicyclic) bond motifs is 1. The molecule has 0 radical (unpaired) electrons. The van der Waals surface area contributed by atoms with E-state index in [-0.39, 0.29) is 23.7 Å². The highest BCUT2D eigenvalue weighted by molar-refractivity contribution is 5.86. The molecule has 6 nitrogen and oxygen atoms in total. The van der Waals surface area contributed by atoms with Crippen LogP contribution in [0.25, 0.3) is 11.0 Å². The van der Waals surface area contributed by atoms with Gasteiger partial charge >= 0.3 is 5.63 Å². The van der Waals surface area contributed by atoms with Gasteiger partial charge < -0.3 is 24.1 Å². The molecule has 0 saturated carbocycles. The van der Waals surface area contributed by atoms with Crippen LogP contribution < -0.4 is 15.1 Å². The molecule has 6 heteroatoms. The van der Waals surface area contributed by atoms with E-state index in [0.29, 0.717) is 24.2 Å². The van der Waals surface area contributed by atoms with Crippen molar-refractivity contribution in [3.63, 3.8) is 0 Å². The molecule has 2 N–H and O–H groups in total. The van der Waals surface area contributed by atoms with Gasteiger partial charge in [-0.25, -0.2) is 4.79 Å².